The third-order valence-electron chi connectivity index (χ3n) is 2.94. The molecule has 0 aliphatic heterocycles. The fraction of sp³-hybridized carbons (Fsp3) is 0.500. The molecule has 0 radical (unpaired) electrons. The van der Waals surface area contributed by atoms with Crippen molar-refractivity contribution in [3.8, 4) is 0 Å². The van der Waals surface area contributed by atoms with E-state index in [0.717, 1.165) is 18.4 Å². The number of benzene rings is 1. The van der Waals surface area contributed by atoms with Gasteiger partial charge in [-0.05, 0) is 36.1 Å². The maximum absolute atomic E-state index is 12.0. The topological polar surface area (TPSA) is 12.0 Å². The van der Waals surface area contributed by atoms with E-state index in [1.807, 2.05) is 18.2 Å². The van der Waals surface area contributed by atoms with Crippen LogP contribution in [-0.4, -0.2) is 18.8 Å². The van der Waals surface area contributed by atoms with Crippen molar-refractivity contribution in [1.29, 1.82) is 0 Å². The molecule has 1 nitrogen and oxygen atoms in total. The van der Waals surface area contributed by atoms with Crippen LogP contribution in [0, 0.1) is 0 Å². The summed E-state index contributed by atoms with van der Waals surface area (Å²) >= 11 is 5.87. The molecule has 1 aliphatic carbocycles. The molecule has 1 aliphatic rings. The summed E-state index contributed by atoms with van der Waals surface area (Å²) in [6, 6.07) is 5.76. The Morgan fingerprint density at radius 3 is 2.65 bits per heavy atom. The van der Waals surface area contributed by atoms with Crippen LogP contribution in [0.15, 0.2) is 18.2 Å². The summed E-state index contributed by atoms with van der Waals surface area (Å²) in [4.78, 5) is 0. The van der Waals surface area contributed by atoms with Gasteiger partial charge in [0, 0.05) is 17.6 Å². The first kappa shape index (κ1) is 12.7. The van der Waals surface area contributed by atoms with Crippen molar-refractivity contribution in [1.82, 2.24) is 5.32 Å². The highest BCUT2D eigenvalue weighted by Gasteiger charge is 2.27. The molecule has 1 atom stereocenters. The van der Waals surface area contributed by atoms with Gasteiger partial charge in [-0.2, -0.15) is 13.2 Å². The predicted molar refractivity (Wildman–Crippen MR) is 61.3 cm³/mol. The van der Waals surface area contributed by atoms with Crippen LogP contribution >= 0.6 is 11.6 Å². The molecule has 1 aromatic carbocycles. The van der Waals surface area contributed by atoms with Crippen LogP contribution < -0.4 is 5.32 Å². The number of fused-ring (bicyclic) bond motifs is 1. The maximum atomic E-state index is 12.0. The summed E-state index contributed by atoms with van der Waals surface area (Å²) in [5.41, 5.74) is 2.32. The van der Waals surface area contributed by atoms with Gasteiger partial charge in [0.15, 0.2) is 0 Å². The Morgan fingerprint density at radius 2 is 1.94 bits per heavy atom. The maximum Gasteiger partial charge on any atom is 0.390 e. The van der Waals surface area contributed by atoms with Gasteiger partial charge in [0.2, 0.25) is 0 Å². The summed E-state index contributed by atoms with van der Waals surface area (Å²) in [6.07, 6.45) is -3.32. The zero-order valence-electron chi connectivity index (χ0n) is 9.15. The zero-order valence-corrected chi connectivity index (χ0v) is 9.91. The Balaban J connectivity index is 1.84. The van der Waals surface area contributed by atoms with Gasteiger partial charge in [-0.1, -0.05) is 17.7 Å². The fourth-order valence-electron chi connectivity index (χ4n) is 2.15. The van der Waals surface area contributed by atoms with Gasteiger partial charge >= 0.3 is 6.18 Å². The minimum Gasteiger partial charge on any atom is -0.313 e. The van der Waals surface area contributed by atoms with Gasteiger partial charge in [-0.15, -0.1) is 0 Å². The summed E-state index contributed by atoms with van der Waals surface area (Å²) in [6.45, 7) is -0.0180. The Morgan fingerprint density at radius 1 is 1.24 bits per heavy atom. The number of alkyl halides is 3. The molecule has 0 aromatic heterocycles. The van der Waals surface area contributed by atoms with Crippen LogP contribution in [0.1, 0.15) is 17.5 Å². The molecular weight excluding hydrogens is 251 g/mol. The average molecular weight is 264 g/mol. The minimum atomic E-state index is -4.08. The minimum absolute atomic E-state index is 0.0180. The molecule has 94 valence electrons. The average Bonchev–Trinajstić information content (AvgIpc) is 2.57. The van der Waals surface area contributed by atoms with Crippen molar-refractivity contribution < 1.29 is 13.2 Å². The van der Waals surface area contributed by atoms with E-state index < -0.39 is 12.6 Å². The van der Waals surface area contributed by atoms with Gasteiger partial charge in [-0.25, -0.2) is 0 Å². The van der Waals surface area contributed by atoms with Crippen LogP contribution in [0.4, 0.5) is 13.2 Å². The molecule has 0 amide bonds. The molecule has 0 heterocycles. The van der Waals surface area contributed by atoms with Crippen molar-refractivity contribution in [2.75, 3.05) is 6.54 Å². The first-order valence-electron chi connectivity index (χ1n) is 5.51. The first-order chi connectivity index (χ1) is 7.94. The van der Waals surface area contributed by atoms with E-state index in [9.17, 15) is 13.2 Å². The third kappa shape index (κ3) is 3.61. The second kappa shape index (κ2) is 4.86. The number of hydrogen-bond acceptors (Lipinski definition) is 1. The lowest BCUT2D eigenvalue weighted by atomic mass is 10.1. The van der Waals surface area contributed by atoms with Gasteiger partial charge < -0.3 is 5.32 Å². The van der Waals surface area contributed by atoms with Crippen LogP contribution in [0.25, 0.3) is 0 Å². The summed E-state index contributed by atoms with van der Waals surface area (Å²) in [7, 11) is 0. The molecule has 17 heavy (non-hydrogen) atoms. The monoisotopic (exact) mass is 263 g/mol. The van der Waals surface area contributed by atoms with Crippen molar-refractivity contribution in [2.24, 2.45) is 0 Å². The Hall–Kier alpha value is -0.740. The molecule has 1 N–H and O–H groups in total. The summed E-state index contributed by atoms with van der Waals surface area (Å²) in [5.74, 6) is 0. The third-order valence-corrected chi connectivity index (χ3v) is 3.18. The lowest BCUT2D eigenvalue weighted by Crippen LogP contribution is -2.32. The molecule has 2 rings (SSSR count). The van der Waals surface area contributed by atoms with E-state index in [1.54, 1.807) is 0 Å². The lowest BCUT2D eigenvalue weighted by Gasteiger charge is -2.12. The molecule has 0 fully saturated rings. The van der Waals surface area contributed by atoms with E-state index >= 15 is 0 Å². The van der Waals surface area contributed by atoms with Crippen LogP contribution in [-0.2, 0) is 12.8 Å². The Kier molecular flexibility index (Phi) is 3.64. The predicted octanol–water partition coefficient (Wildman–Crippen LogP) is 3.35. The van der Waals surface area contributed by atoms with Gasteiger partial charge in [0.25, 0.3) is 0 Å². The van der Waals surface area contributed by atoms with E-state index in [-0.39, 0.29) is 12.6 Å². The molecular formula is C12H13ClF3N. The quantitative estimate of drug-likeness (QED) is 0.882. The number of hydrogen-bond donors (Lipinski definition) is 1. The Labute approximate surface area is 103 Å². The fourth-order valence-corrected chi connectivity index (χ4v) is 2.34. The summed E-state index contributed by atoms with van der Waals surface area (Å²) < 4.78 is 36.0. The molecule has 0 spiro atoms. The van der Waals surface area contributed by atoms with E-state index in [1.165, 1.54) is 5.56 Å². The van der Waals surface area contributed by atoms with Gasteiger partial charge in [-0.3, -0.25) is 0 Å². The van der Waals surface area contributed by atoms with Crippen molar-refractivity contribution >= 4 is 11.6 Å². The summed E-state index contributed by atoms with van der Waals surface area (Å²) in [5, 5.41) is 3.62. The van der Waals surface area contributed by atoms with Gasteiger partial charge in [0.1, 0.15) is 0 Å². The van der Waals surface area contributed by atoms with Crippen molar-refractivity contribution in [2.45, 2.75) is 31.5 Å². The molecule has 0 saturated heterocycles. The van der Waals surface area contributed by atoms with E-state index in [0.29, 0.717) is 5.02 Å². The standard InChI is InChI=1S/C12H13ClF3N/c13-10-2-1-8-6-11(7-9(8)5-10)17-4-3-12(14,15)16/h1-2,5,11,17H,3-4,6-7H2. The van der Waals surface area contributed by atoms with Gasteiger partial charge in [0.05, 0.1) is 6.42 Å². The van der Waals surface area contributed by atoms with Crippen LogP contribution in [0.2, 0.25) is 5.02 Å². The molecule has 0 bridgehead atoms. The van der Waals surface area contributed by atoms with Crippen LogP contribution in [0.5, 0.6) is 0 Å². The number of rotatable bonds is 3. The lowest BCUT2D eigenvalue weighted by molar-refractivity contribution is -0.133. The highest BCUT2D eigenvalue weighted by atomic mass is 35.5. The molecule has 5 heteroatoms. The first-order valence-corrected chi connectivity index (χ1v) is 5.89. The smallest absolute Gasteiger partial charge is 0.313 e. The molecule has 1 aromatic rings. The number of nitrogens with one attached hydrogen (secondary N) is 1. The second-order valence-corrected chi connectivity index (χ2v) is 4.77. The molecule has 1 unspecified atom stereocenters. The largest absolute Gasteiger partial charge is 0.390 e. The second-order valence-electron chi connectivity index (χ2n) is 4.34. The van der Waals surface area contributed by atoms with Crippen molar-refractivity contribution in [3.63, 3.8) is 0 Å². The normalized spacial score (nSPS) is 19.4. The zero-order chi connectivity index (χ0) is 12.5. The number of halogens is 4. The highest BCUT2D eigenvalue weighted by molar-refractivity contribution is 6.30. The SMILES string of the molecule is FC(F)(F)CCNC1Cc2ccc(Cl)cc2C1. The van der Waals surface area contributed by atoms with Crippen molar-refractivity contribution in [3.05, 3.63) is 34.3 Å². The van der Waals surface area contributed by atoms with Crippen LogP contribution in [0.3, 0.4) is 0 Å². The van der Waals surface area contributed by atoms with E-state index in [2.05, 4.69) is 5.32 Å². The Bertz CT molecular complexity index is 403. The highest BCUT2D eigenvalue weighted by Crippen LogP contribution is 2.25. The molecule has 0 saturated carbocycles. The van der Waals surface area contributed by atoms with E-state index in [4.69, 9.17) is 11.6 Å².